The summed E-state index contributed by atoms with van der Waals surface area (Å²) >= 11 is 0. The van der Waals surface area contributed by atoms with Gasteiger partial charge in [-0.05, 0) is 12.0 Å². The van der Waals surface area contributed by atoms with Gasteiger partial charge < -0.3 is 4.90 Å². The maximum Gasteiger partial charge on any atom is 0.0443 e. The first-order chi connectivity index (χ1) is 4.25. The van der Waals surface area contributed by atoms with Gasteiger partial charge in [0.25, 0.3) is 0 Å². The Morgan fingerprint density at radius 2 is 2.22 bits per heavy atom. The van der Waals surface area contributed by atoms with Crippen LogP contribution >= 0.6 is 0 Å². The lowest BCUT2D eigenvalue weighted by molar-refractivity contribution is 0.321. The fraction of sp³-hybridized carbons (Fsp3) is 0.500. The molecule has 0 spiro atoms. The first kappa shape index (κ1) is 6.40. The molecule has 50 valence electrons. The highest BCUT2D eigenvalue weighted by atomic mass is 15.2. The van der Waals surface area contributed by atoms with Crippen LogP contribution in [-0.4, -0.2) is 18.0 Å². The van der Waals surface area contributed by atoms with Crippen molar-refractivity contribution in [3.05, 3.63) is 24.4 Å². The van der Waals surface area contributed by atoms with Gasteiger partial charge in [0.15, 0.2) is 0 Å². The van der Waals surface area contributed by atoms with Crippen LogP contribution in [0.25, 0.3) is 0 Å². The molecule has 0 amide bonds. The standard InChI is InChI=1S/C8H13N/c1-4-5-9-6-7(2)8(9)3/h2-6H2,1H3. The lowest BCUT2D eigenvalue weighted by Crippen LogP contribution is -2.36. The molecule has 1 saturated heterocycles. The van der Waals surface area contributed by atoms with Crippen molar-refractivity contribution in [3.8, 4) is 0 Å². The minimum Gasteiger partial charge on any atom is -0.367 e. The maximum absolute atomic E-state index is 3.87. The van der Waals surface area contributed by atoms with E-state index in [-0.39, 0.29) is 0 Å². The van der Waals surface area contributed by atoms with Crippen LogP contribution in [0.15, 0.2) is 24.4 Å². The van der Waals surface area contributed by atoms with Crippen molar-refractivity contribution in [2.75, 3.05) is 13.1 Å². The molecule has 0 aliphatic carbocycles. The Hall–Kier alpha value is -0.720. The third-order valence-electron chi connectivity index (χ3n) is 1.67. The zero-order chi connectivity index (χ0) is 6.85. The van der Waals surface area contributed by atoms with E-state index in [9.17, 15) is 0 Å². The Morgan fingerprint density at radius 1 is 1.56 bits per heavy atom. The molecule has 1 aliphatic heterocycles. The second-order valence-corrected chi connectivity index (χ2v) is 2.47. The summed E-state index contributed by atoms with van der Waals surface area (Å²) in [6.45, 7) is 12.0. The van der Waals surface area contributed by atoms with E-state index in [4.69, 9.17) is 0 Å². The van der Waals surface area contributed by atoms with Crippen molar-refractivity contribution in [1.29, 1.82) is 0 Å². The highest BCUT2D eigenvalue weighted by Gasteiger charge is 2.20. The third kappa shape index (κ3) is 0.995. The van der Waals surface area contributed by atoms with Gasteiger partial charge in [-0.15, -0.1) is 0 Å². The smallest absolute Gasteiger partial charge is 0.0443 e. The summed E-state index contributed by atoms with van der Waals surface area (Å²) in [5.41, 5.74) is 2.33. The van der Waals surface area contributed by atoms with Gasteiger partial charge in [-0.3, -0.25) is 0 Å². The van der Waals surface area contributed by atoms with Crippen LogP contribution in [-0.2, 0) is 0 Å². The van der Waals surface area contributed by atoms with Crippen LogP contribution in [0.4, 0.5) is 0 Å². The molecule has 1 rings (SSSR count). The molecule has 1 heterocycles. The van der Waals surface area contributed by atoms with Gasteiger partial charge in [-0.2, -0.15) is 0 Å². The number of likely N-dealkylation sites (tertiary alicyclic amines) is 1. The van der Waals surface area contributed by atoms with Gasteiger partial charge >= 0.3 is 0 Å². The second-order valence-electron chi connectivity index (χ2n) is 2.47. The van der Waals surface area contributed by atoms with E-state index < -0.39 is 0 Å². The normalized spacial score (nSPS) is 18.1. The second kappa shape index (κ2) is 2.26. The minimum absolute atomic E-state index is 1.03. The Bertz CT molecular complexity index is 147. The molecule has 0 bridgehead atoms. The zero-order valence-electron chi connectivity index (χ0n) is 5.98. The largest absolute Gasteiger partial charge is 0.367 e. The van der Waals surface area contributed by atoms with Gasteiger partial charge in [-0.25, -0.2) is 0 Å². The van der Waals surface area contributed by atoms with Gasteiger partial charge in [0.1, 0.15) is 0 Å². The predicted molar refractivity (Wildman–Crippen MR) is 40.1 cm³/mol. The number of rotatable bonds is 2. The van der Waals surface area contributed by atoms with Crippen molar-refractivity contribution in [2.45, 2.75) is 13.3 Å². The van der Waals surface area contributed by atoms with E-state index in [1.807, 2.05) is 0 Å². The highest BCUT2D eigenvalue weighted by molar-refractivity contribution is 5.34. The van der Waals surface area contributed by atoms with Crippen molar-refractivity contribution in [3.63, 3.8) is 0 Å². The third-order valence-corrected chi connectivity index (χ3v) is 1.67. The molecule has 0 radical (unpaired) electrons. The van der Waals surface area contributed by atoms with E-state index in [1.54, 1.807) is 0 Å². The molecule has 1 heteroatoms. The van der Waals surface area contributed by atoms with Gasteiger partial charge in [-0.1, -0.05) is 20.1 Å². The van der Waals surface area contributed by atoms with Crippen LogP contribution in [0, 0.1) is 0 Å². The fourth-order valence-corrected chi connectivity index (χ4v) is 1.03. The Kier molecular flexibility index (Phi) is 1.60. The topological polar surface area (TPSA) is 3.24 Å². The molecule has 0 atom stereocenters. The predicted octanol–water partition coefficient (Wildman–Crippen LogP) is 1.78. The maximum atomic E-state index is 3.87. The molecule has 9 heavy (non-hydrogen) atoms. The summed E-state index contributed by atoms with van der Waals surface area (Å²) in [5, 5.41) is 0. The molecule has 0 aromatic rings. The fourth-order valence-electron chi connectivity index (χ4n) is 1.03. The number of nitrogens with zero attached hydrogens (tertiary/aromatic N) is 1. The highest BCUT2D eigenvalue weighted by Crippen LogP contribution is 2.23. The molecule has 0 aromatic heterocycles. The first-order valence-corrected chi connectivity index (χ1v) is 3.37. The molecular weight excluding hydrogens is 110 g/mol. The van der Waals surface area contributed by atoms with Crippen LogP contribution in [0.2, 0.25) is 0 Å². The SMILES string of the molecule is C=C1CN(CCC)C1=C. The average molecular weight is 123 g/mol. The van der Waals surface area contributed by atoms with Crippen LogP contribution < -0.4 is 0 Å². The molecule has 1 aliphatic rings. The Balaban J connectivity index is 2.33. The van der Waals surface area contributed by atoms with Crippen molar-refractivity contribution < 1.29 is 0 Å². The first-order valence-electron chi connectivity index (χ1n) is 3.37. The summed E-state index contributed by atoms with van der Waals surface area (Å²) in [6.07, 6.45) is 1.20. The monoisotopic (exact) mass is 123 g/mol. The van der Waals surface area contributed by atoms with Crippen LogP contribution in [0.5, 0.6) is 0 Å². The molecule has 0 unspecified atom stereocenters. The Labute approximate surface area is 56.7 Å². The Morgan fingerprint density at radius 3 is 2.56 bits per heavy atom. The van der Waals surface area contributed by atoms with Gasteiger partial charge in [0, 0.05) is 18.8 Å². The van der Waals surface area contributed by atoms with E-state index in [0.717, 1.165) is 18.8 Å². The summed E-state index contributed by atoms with van der Waals surface area (Å²) in [6, 6.07) is 0. The quantitative estimate of drug-likeness (QED) is 0.541. The minimum atomic E-state index is 1.03. The number of hydrogen-bond donors (Lipinski definition) is 0. The van der Waals surface area contributed by atoms with E-state index >= 15 is 0 Å². The van der Waals surface area contributed by atoms with Crippen molar-refractivity contribution in [1.82, 2.24) is 4.90 Å². The van der Waals surface area contributed by atoms with E-state index in [0.29, 0.717) is 0 Å². The number of hydrogen-bond acceptors (Lipinski definition) is 1. The zero-order valence-corrected chi connectivity index (χ0v) is 5.98. The molecular formula is C8H13N. The lowest BCUT2D eigenvalue weighted by atomic mass is 10.1. The van der Waals surface area contributed by atoms with Crippen molar-refractivity contribution >= 4 is 0 Å². The molecule has 0 aromatic carbocycles. The average Bonchev–Trinajstić information content (AvgIpc) is 1.88. The van der Waals surface area contributed by atoms with Gasteiger partial charge in [0.05, 0.1) is 0 Å². The summed E-state index contributed by atoms with van der Waals surface area (Å²) < 4.78 is 0. The molecule has 1 nitrogen and oxygen atoms in total. The summed E-state index contributed by atoms with van der Waals surface area (Å²) in [7, 11) is 0. The summed E-state index contributed by atoms with van der Waals surface area (Å²) in [4.78, 5) is 2.25. The van der Waals surface area contributed by atoms with E-state index in [1.165, 1.54) is 12.0 Å². The van der Waals surface area contributed by atoms with Crippen LogP contribution in [0.1, 0.15) is 13.3 Å². The summed E-state index contributed by atoms with van der Waals surface area (Å²) in [5.74, 6) is 0. The molecule has 0 N–H and O–H groups in total. The lowest BCUT2D eigenvalue weighted by Gasteiger charge is -2.37. The van der Waals surface area contributed by atoms with Crippen molar-refractivity contribution in [2.24, 2.45) is 0 Å². The van der Waals surface area contributed by atoms with Gasteiger partial charge in [0.2, 0.25) is 0 Å². The van der Waals surface area contributed by atoms with Crippen LogP contribution in [0.3, 0.4) is 0 Å². The molecule has 1 fully saturated rings. The molecule has 0 saturated carbocycles. The van der Waals surface area contributed by atoms with E-state index in [2.05, 4.69) is 25.0 Å².